The highest BCUT2D eigenvalue weighted by Crippen LogP contribution is 2.43. The van der Waals surface area contributed by atoms with Gasteiger partial charge in [0, 0.05) is 53.1 Å². The molecule has 3 heterocycles. The first-order valence-corrected chi connectivity index (χ1v) is 21.7. The van der Waals surface area contributed by atoms with Gasteiger partial charge in [0.1, 0.15) is 5.75 Å². The quantitative estimate of drug-likeness (QED) is 0.0770. The van der Waals surface area contributed by atoms with Crippen molar-refractivity contribution in [3.8, 4) is 28.3 Å². The van der Waals surface area contributed by atoms with Gasteiger partial charge in [-0.25, -0.2) is 38.1 Å². The lowest BCUT2D eigenvalue weighted by molar-refractivity contribution is -0.139. The van der Waals surface area contributed by atoms with Crippen LogP contribution in [0.5, 0.6) is 5.75 Å². The smallest absolute Gasteiger partial charge is 0.420 e. The topological polar surface area (TPSA) is 144 Å². The maximum absolute atomic E-state index is 13.9. The Morgan fingerprint density at radius 2 is 1.25 bits per heavy atom. The van der Waals surface area contributed by atoms with Crippen LogP contribution in [0.15, 0.2) is 83.7 Å². The largest absolute Gasteiger partial charge is 0.493 e. The summed E-state index contributed by atoms with van der Waals surface area (Å²) in [5.74, 6) is -2.48. The fourth-order valence-corrected chi connectivity index (χ4v) is 7.93. The van der Waals surface area contributed by atoms with Crippen LogP contribution in [0.4, 0.5) is 72.0 Å². The first-order chi connectivity index (χ1) is 30.7. The van der Waals surface area contributed by atoms with E-state index in [1.165, 1.54) is 29.6 Å². The van der Waals surface area contributed by atoms with E-state index in [-0.39, 0.29) is 50.9 Å². The molecule has 6 aromatic rings. The first-order valence-electron chi connectivity index (χ1n) is 20.0. The van der Waals surface area contributed by atoms with Crippen LogP contribution < -0.4 is 30.9 Å². The standard InChI is InChI=1S/C23H26F3N5OS.C21H18F5N3O2S/c1-4-5-6-11-30(3)20-10-9-17(12-18(20)23(24,25)26)31(21(27)32)22-29-19(14-33-22)16-8-7-15(2)28-13-16;1-2-3-8-31-18-7-5-13(10-14(18)21(24,25)26)29(19(27)30)20-28-17(11-32-20)12-4-6-15(22)16(23)9-12/h7-10,12-14H,4-6,11H2,1-3H3,(H2,27,32);4-7,9-11H,2-3,8H2,1H3,(H2,27,30). The van der Waals surface area contributed by atoms with Gasteiger partial charge in [-0.3, -0.25) is 4.98 Å². The van der Waals surface area contributed by atoms with E-state index in [0.717, 1.165) is 99.7 Å². The van der Waals surface area contributed by atoms with Crippen LogP contribution in [0.25, 0.3) is 22.5 Å². The fourth-order valence-electron chi connectivity index (χ4n) is 6.21. The maximum atomic E-state index is 13.9. The lowest BCUT2D eigenvalue weighted by atomic mass is 10.1. The number of anilines is 5. The number of ether oxygens (including phenoxy) is 1. The minimum atomic E-state index is -4.74. The third kappa shape index (κ3) is 12.7. The third-order valence-electron chi connectivity index (χ3n) is 9.56. The number of hydrogen-bond acceptors (Lipinski definition) is 9. The highest BCUT2D eigenvalue weighted by molar-refractivity contribution is 7.14. The normalized spacial score (nSPS) is 11.4. The summed E-state index contributed by atoms with van der Waals surface area (Å²) in [7, 11) is 1.63. The van der Waals surface area contributed by atoms with Gasteiger partial charge in [-0.15, -0.1) is 22.7 Å². The number of nitrogens with two attached hydrogens (primary N) is 2. The number of hydrogen-bond donors (Lipinski definition) is 2. The number of carbonyl (C=O) groups excluding carboxylic acids is 2. The molecule has 65 heavy (non-hydrogen) atoms. The molecule has 0 aliphatic carbocycles. The van der Waals surface area contributed by atoms with E-state index in [4.69, 9.17) is 16.2 Å². The number of aryl methyl sites for hydroxylation is 1. The van der Waals surface area contributed by atoms with Crippen molar-refractivity contribution in [1.29, 1.82) is 0 Å². The van der Waals surface area contributed by atoms with Crippen molar-refractivity contribution in [1.82, 2.24) is 15.0 Å². The van der Waals surface area contributed by atoms with E-state index in [0.29, 0.717) is 18.7 Å². The molecule has 4 N–H and O–H groups in total. The van der Waals surface area contributed by atoms with E-state index in [2.05, 4.69) is 15.0 Å². The predicted octanol–water partition coefficient (Wildman–Crippen LogP) is 12.9. The Balaban J connectivity index is 0.000000244. The summed E-state index contributed by atoms with van der Waals surface area (Å²) in [4.78, 5) is 40.5. The van der Waals surface area contributed by atoms with Gasteiger partial charge in [0.15, 0.2) is 21.9 Å². The van der Waals surface area contributed by atoms with Crippen LogP contribution in [-0.4, -0.2) is 47.2 Å². The lowest BCUT2D eigenvalue weighted by Gasteiger charge is -2.26. The number of aromatic nitrogens is 3. The summed E-state index contributed by atoms with van der Waals surface area (Å²) in [6.07, 6.45) is -3.67. The average molecular weight is 949 g/mol. The number of rotatable bonds is 15. The summed E-state index contributed by atoms with van der Waals surface area (Å²) >= 11 is 2.02. The second-order valence-corrected chi connectivity index (χ2v) is 16.1. The van der Waals surface area contributed by atoms with Gasteiger partial charge in [0.2, 0.25) is 0 Å². The predicted molar refractivity (Wildman–Crippen MR) is 237 cm³/mol. The zero-order valence-corrected chi connectivity index (χ0v) is 37.1. The zero-order chi connectivity index (χ0) is 47.6. The Labute approximate surface area is 377 Å². The van der Waals surface area contributed by atoms with Crippen molar-refractivity contribution >= 4 is 62.1 Å². The van der Waals surface area contributed by atoms with Gasteiger partial charge in [-0.2, -0.15) is 26.3 Å². The van der Waals surface area contributed by atoms with Crippen molar-refractivity contribution in [2.75, 3.05) is 34.9 Å². The second kappa shape index (κ2) is 21.6. The number of primary amides is 2. The summed E-state index contributed by atoms with van der Waals surface area (Å²) in [5, 5.41) is 3.29. The second-order valence-electron chi connectivity index (χ2n) is 14.4. The Bertz CT molecular complexity index is 2570. The van der Waals surface area contributed by atoms with Crippen molar-refractivity contribution in [3.63, 3.8) is 0 Å². The number of urea groups is 2. The van der Waals surface area contributed by atoms with Crippen LogP contribution in [-0.2, 0) is 12.4 Å². The van der Waals surface area contributed by atoms with E-state index in [1.54, 1.807) is 23.5 Å². The first kappa shape index (κ1) is 49.7. The van der Waals surface area contributed by atoms with Crippen LogP contribution in [0.2, 0.25) is 0 Å². The Hall–Kier alpha value is -6.35. The number of unbranched alkanes of at least 4 members (excludes halogenated alkanes) is 3. The van der Waals surface area contributed by atoms with Crippen LogP contribution in [0, 0.1) is 18.6 Å². The third-order valence-corrected chi connectivity index (χ3v) is 11.2. The molecular weight excluding hydrogens is 905 g/mol. The summed E-state index contributed by atoms with van der Waals surface area (Å²) < 4.78 is 115. The maximum Gasteiger partial charge on any atom is 0.420 e. The molecule has 0 unspecified atom stereocenters. The number of amides is 4. The minimum Gasteiger partial charge on any atom is -0.493 e. The van der Waals surface area contributed by atoms with Gasteiger partial charge in [-0.05, 0) is 86.5 Å². The van der Waals surface area contributed by atoms with Gasteiger partial charge in [0.25, 0.3) is 0 Å². The molecule has 3 aromatic carbocycles. The molecule has 0 fully saturated rings. The number of thiazole rings is 2. The van der Waals surface area contributed by atoms with Gasteiger partial charge in [0.05, 0.1) is 40.5 Å². The lowest BCUT2D eigenvalue weighted by Crippen LogP contribution is -2.32. The molecule has 0 aliphatic heterocycles. The highest BCUT2D eigenvalue weighted by atomic mass is 32.1. The van der Waals surface area contributed by atoms with Crippen LogP contribution in [0.1, 0.15) is 62.8 Å². The minimum absolute atomic E-state index is 0.00321. The molecule has 0 aliphatic rings. The van der Waals surface area contributed by atoms with Crippen LogP contribution in [0.3, 0.4) is 0 Å². The van der Waals surface area contributed by atoms with Gasteiger partial charge in [-0.1, -0.05) is 33.1 Å². The van der Waals surface area contributed by atoms with E-state index >= 15 is 0 Å². The number of nitrogens with zero attached hydrogens (tertiary/aromatic N) is 6. The molecule has 0 radical (unpaired) electrons. The molecule has 3 aromatic heterocycles. The van der Waals surface area contributed by atoms with E-state index in [9.17, 15) is 44.7 Å². The number of carbonyl (C=O) groups is 2. The molecule has 0 bridgehead atoms. The van der Waals surface area contributed by atoms with Crippen molar-refractivity contribution in [3.05, 3.63) is 112 Å². The molecule has 21 heteroatoms. The number of benzene rings is 3. The van der Waals surface area contributed by atoms with Crippen molar-refractivity contribution < 1.29 is 49.4 Å². The fraction of sp³-hybridized carbons (Fsp3) is 0.295. The van der Waals surface area contributed by atoms with Crippen molar-refractivity contribution in [2.45, 2.75) is 65.2 Å². The number of halogens is 8. The van der Waals surface area contributed by atoms with E-state index < -0.39 is 47.2 Å². The van der Waals surface area contributed by atoms with Crippen molar-refractivity contribution in [2.24, 2.45) is 11.5 Å². The highest BCUT2D eigenvalue weighted by Gasteiger charge is 2.37. The molecule has 11 nitrogen and oxygen atoms in total. The monoisotopic (exact) mass is 948 g/mol. The molecule has 6 rings (SSSR count). The summed E-state index contributed by atoms with van der Waals surface area (Å²) in [5.41, 5.74) is 11.5. The van der Waals surface area contributed by atoms with Crippen LogP contribution >= 0.6 is 22.7 Å². The van der Waals surface area contributed by atoms with E-state index in [1.807, 2.05) is 32.9 Å². The van der Waals surface area contributed by atoms with Gasteiger partial charge < -0.3 is 21.1 Å². The average Bonchev–Trinajstić information content (AvgIpc) is 3.93. The molecule has 0 saturated carbocycles. The molecule has 0 spiro atoms. The number of pyridine rings is 1. The Morgan fingerprint density at radius 1 is 0.692 bits per heavy atom. The molecule has 4 amide bonds. The SMILES string of the molecule is CCCCCN(C)c1ccc(N(C(N)=O)c2nc(-c3ccc(C)nc3)cs2)cc1C(F)(F)F.CCCCOc1ccc(N(C(N)=O)c2nc(-c3ccc(F)c(F)c3)cs2)cc1C(F)(F)F. The summed E-state index contributed by atoms with van der Waals surface area (Å²) in [6.45, 7) is 6.38. The Kier molecular flexibility index (Phi) is 16.5. The molecular formula is C44H44F8N8O3S2. The molecule has 0 atom stereocenters. The van der Waals surface area contributed by atoms with Gasteiger partial charge >= 0.3 is 24.4 Å². The Morgan fingerprint density at radius 3 is 1.77 bits per heavy atom. The molecule has 346 valence electrons. The summed E-state index contributed by atoms with van der Waals surface area (Å²) in [6, 6.07) is 11.7. The molecule has 0 saturated heterocycles. The zero-order valence-electron chi connectivity index (χ0n) is 35.4. The number of alkyl halides is 6.